The Bertz CT molecular complexity index is 503. The number of benzene rings is 1. The van der Waals surface area contributed by atoms with Gasteiger partial charge in [0.2, 0.25) is 5.91 Å². The lowest BCUT2D eigenvalue weighted by Crippen LogP contribution is -2.13. The molecule has 0 spiro atoms. The average molecular weight is 330 g/mol. The summed E-state index contributed by atoms with van der Waals surface area (Å²) in [7, 11) is -9.76. The van der Waals surface area contributed by atoms with Crippen LogP contribution in [0.3, 0.4) is 0 Å². The highest BCUT2D eigenvalue weighted by atomic mass is 35.5. The number of amides is 1. The Hall–Kier alpha value is -0.730. The van der Waals surface area contributed by atoms with Gasteiger partial charge in [-0.15, -0.1) is 11.6 Å². The SMILES string of the molecule is O=C(CCl)Nc1ccc(S(F)(F)(F)(F)F)cc1Cl. The van der Waals surface area contributed by atoms with Gasteiger partial charge in [0.15, 0.2) is 0 Å². The summed E-state index contributed by atoms with van der Waals surface area (Å²) in [6.07, 6.45) is 0. The summed E-state index contributed by atoms with van der Waals surface area (Å²) in [5.74, 6) is -1.17. The van der Waals surface area contributed by atoms with Crippen LogP contribution in [-0.4, -0.2) is 11.8 Å². The summed E-state index contributed by atoms with van der Waals surface area (Å²) in [4.78, 5) is 8.76. The normalized spacial score (nSPS) is 15.7. The summed E-state index contributed by atoms with van der Waals surface area (Å²) in [6.45, 7) is 0. The summed E-state index contributed by atoms with van der Waals surface area (Å²) >= 11 is 10.5. The number of hydrogen-bond acceptors (Lipinski definition) is 1. The van der Waals surface area contributed by atoms with E-state index in [2.05, 4.69) is 5.32 Å². The standard InChI is InChI=1S/C8H6Cl2F5NOS/c9-4-8(17)16-7-2-1-5(3-6(7)10)18(11,12,13,14)15/h1-3H,4H2,(H,16,17). The number of hydrogen-bond donors (Lipinski definition) is 1. The lowest BCUT2D eigenvalue weighted by atomic mass is 10.3. The maximum Gasteiger partial charge on any atom is 0.310 e. The van der Waals surface area contributed by atoms with E-state index in [-0.39, 0.29) is 17.8 Å². The minimum atomic E-state index is -9.76. The second-order valence-corrected chi connectivity index (χ2v) is 6.38. The van der Waals surface area contributed by atoms with Crippen LogP contribution in [0, 0.1) is 0 Å². The van der Waals surface area contributed by atoms with Gasteiger partial charge in [-0.2, -0.15) is 0 Å². The number of rotatable bonds is 3. The molecule has 0 aliphatic rings. The van der Waals surface area contributed by atoms with Gasteiger partial charge in [-0.25, -0.2) is 0 Å². The minimum absolute atomic E-state index is 0.0625. The van der Waals surface area contributed by atoms with Crippen LogP contribution in [0.2, 0.25) is 5.02 Å². The summed E-state index contributed by atoms with van der Waals surface area (Å²) < 4.78 is 62.1. The molecule has 0 aliphatic heterocycles. The van der Waals surface area contributed by atoms with Crippen LogP contribution in [0.15, 0.2) is 23.1 Å². The molecule has 1 amide bonds. The van der Waals surface area contributed by atoms with Crippen molar-refractivity contribution >= 4 is 45.0 Å². The van der Waals surface area contributed by atoms with E-state index in [0.29, 0.717) is 6.07 Å². The van der Waals surface area contributed by atoms with E-state index < -0.39 is 31.9 Å². The second-order valence-electron chi connectivity index (χ2n) is 3.29. The number of halogens is 7. The van der Waals surface area contributed by atoms with Gasteiger partial charge in [-0.3, -0.25) is 4.79 Å². The molecule has 0 atom stereocenters. The topological polar surface area (TPSA) is 29.1 Å². The van der Waals surface area contributed by atoms with Crippen LogP contribution < -0.4 is 5.32 Å². The van der Waals surface area contributed by atoms with Crippen molar-refractivity contribution in [1.82, 2.24) is 0 Å². The first-order valence-electron chi connectivity index (χ1n) is 4.23. The summed E-state index contributed by atoms with van der Waals surface area (Å²) in [6, 6.07) is 0.851. The van der Waals surface area contributed by atoms with Crippen molar-refractivity contribution < 1.29 is 24.2 Å². The smallest absolute Gasteiger partial charge is 0.310 e. The Morgan fingerprint density at radius 3 is 2.17 bits per heavy atom. The Morgan fingerprint density at radius 1 is 1.22 bits per heavy atom. The first-order chi connectivity index (χ1) is 7.83. The quantitative estimate of drug-likeness (QED) is 0.601. The van der Waals surface area contributed by atoms with Gasteiger partial charge < -0.3 is 5.32 Å². The van der Waals surface area contributed by atoms with Gasteiger partial charge in [-0.1, -0.05) is 31.0 Å². The zero-order valence-corrected chi connectivity index (χ0v) is 10.7. The van der Waals surface area contributed by atoms with Crippen molar-refractivity contribution in [3.8, 4) is 0 Å². The molecule has 1 rings (SSSR count). The number of carbonyl (C=O) groups excluding carboxylic acids is 1. The monoisotopic (exact) mass is 329 g/mol. The molecule has 0 bridgehead atoms. The van der Waals surface area contributed by atoms with Crippen LogP contribution in [0.4, 0.5) is 25.1 Å². The van der Waals surface area contributed by atoms with Crippen molar-refractivity contribution in [3.05, 3.63) is 23.2 Å². The highest BCUT2D eigenvalue weighted by Gasteiger charge is 2.65. The number of alkyl halides is 1. The molecule has 1 N–H and O–H groups in total. The van der Waals surface area contributed by atoms with E-state index in [0.717, 1.165) is 0 Å². The maximum atomic E-state index is 12.4. The Balaban J connectivity index is 3.20. The third kappa shape index (κ3) is 3.89. The fourth-order valence-corrected chi connectivity index (χ4v) is 2.05. The van der Waals surface area contributed by atoms with Gasteiger partial charge in [0, 0.05) is 0 Å². The van der Waals surface area contributed by atoms with E-state index in [9.17, 15) is 24.2 Å². The van der Waals surface area contributed by atoms with Crippen molar-refractivity contribution in [2.24, 2.45) is 0 Å². The first-order valence-corrected chi connectivity index (χ1v) is 7.09. The van der Waals surface area contributed by atoms with Crippen LogP contribution in [0.25, 0.3) is 0 Å². The molecule has 0 aliphatic carbocycles. The first kappa shape index (κ1) is 15.3. The number of nitrogens with one attached hydrogen (secondary N) is 1. The summed E-state index contributed by atoms with van der Waals surface area (Å²) in [5, 5.41) is 1.41. The molecule has 18 heavy (non-hydrogen) atoms. The van der Waals surface area contributed by atoms with E-state index in [1.165, 1.54) is 0 Å². The van der Waals surface area contributed by atoms with Gasteiger partial charge in [0.05, 0.1) is 10.7 Å². The fourth-order valence-electron chi connectivity index (χ4n) is 1.02. The van der Waals surface area contributed by atoms with E-state index in [1.54, 1.807) is 0 Å². The van der Waals surface area contributed by atoms with Gasteiger partial charge >= 0.3 is 10.2 Å². The molecule has 1 aromatic carbocycles. The van der Waals surface area contributed by atoms with Crippen LogP contribution in [0.5, 0.6) is 0 Å². The molecule has 0 heterocycles. The van der Waals surface area contributed by atoms with Gasteiger partial charge in [-0.05, 0) is 18.2 Å². The van der Waals surface area contributed by atoms with Gasteiger partial charge in [0.1, 0.15) is 10.8 Å². The third-order valence-electron chi connectivity index (χ3n) is 1.78. The Kier molecular flexibility index (Phi) is 3.30. The molecule has 0 saturated heterocycles. The highest BCUT2D eigenvalue weighted by Crippen LogP contribution is 3.02. The molecule has 1 aromatic rings. The molecular weight excluding hydrogens is 324 g/mol. The minimum Gasteiger partial charge on any atom is -0.324 e. The van der Waals surface area contributed by atoms with Crippen LogP contribution in [-0.2, 0) is 4.79 Å². The Labute approximate surface area is 109 Å². The number of carbonyl (C=O) groups is 1. The van der Waals surface area contributed by atoms with E-state index in [4.69, 9.17) is 23.2 Å². The van der Waals surface area contributed by atoms with E-state index >= 15 is 0 Å². The maximum absolute atomic E-state index is 12.4. The molecule has 0 fully saturated rings. The van der Waals surface area contributed by atoms with Gasteiger partial charge in [0.25, 0.3) is 0 Å². The third-order valence-corrected chi connectivity index (χ3v) is 3.48. The van der Waals surface area contributed by atoms with Crippen LogP contribution >= 0.6 is 33.4 Å². The average Bonchev–Trinajstić information content (AvgIpc) is 2.17. The Morgan fingerprint density at radius 2 is 1.78 bits per heavy atom. The van der Waals surface area contributed by atoms with Crippen LogP contribution in [0.1, 0.15) is 0 Å². The highest BCUT2D eigenvalue weighted by molar-refractivity contribution is 8.45. The number of anilines is 1. The second kappa shape index (κ2) is 3.88. The molecule has 0 aromatic heterocycles. The lowest BCUT2D eigenvalue weighted by Gasteiger charge is -2.40. The fraction of sp³-hybridized carbons (Fsp3) is 0.125. The van der Waals surface area contributed by atoms with Crippen molar-refractivity contribution in [2.45, 2.75) is 4.90 Å². The summed E-state index contributed by atoms with van der Waals surface area (Å²) in [5.41, 5.74) is -0.229. The molecular formula is C8H6Cl2F5NOS. The molecule has 0 unspecified atom stereocenters. The molecule has 104 valence electrons. The molecule has 0 radical (unpaired) electrons. The predicted molar refractivity (Wildman–Crippen MR) is 62.2 cm³/mol. The van der Waals surface area contributed by atoms with Crippen molar-refractivity contribution in [2.75, 3.05) is 11.2 Å². The van der Waals surface area contributed by atoms with Crippen molar-refractivity contribution in [3.63, 3.8) is 0 Å². The predicted octanol–water partition coefficient (Wildman–Crippen LogP) is 5.17. The lowest BCUT2D eigenvalue weighted by molar-refractivity contribution is -0.113. The molecule has 10 heteroatoms. The van der Waals surface area contributed by atoms with E-state index in [1.807, 2.05) is 0 Å². The molecule has 2 nitrogen and oxygen atoms in total. The van der Waals surface area contributed by atoms with Crippen molar-refractivity contribution in [1.29, 1.82) is 0 Å². The zero-order valence-electron chi connectivity index (χ0n) is 8.40. The molecule has 0 saturated carbocycles. The zero-order chi connectivity index (χ0) is 14.3. The largest absolute Gasteiger partial charge is 0.324 e.